The third-order valence-electron chi connectivity index (χ3n) is 5.50. The molecular formula is C24H33IN4O. The third-order valence-corrected chi connectivity index (χ3v) is 5.50. The molecule has 0 atom stereocenters. The molecule has 0 radical (unpaired) electrons. The number of guanidine groups is 1. The van der Waals surface area contributed by atoms with Crippen LogP contribution in [-0.2, 0) is 23.3 Å². The van der Waals surface area contributed by atoms with Crippen LogP contribution in [0.1, 0.15) is 43.4 Å². The minimum atomic E-state index is 0. The number of benzene rings is 2. The molecule has 5 nitrogen and oxygen atoms in total. The van der Waals surface area contributed by atoms with Crippen molar-refractivity contribution in [2.75, 3.05) is 20.1 Å². The number of aliphatic imine (C=N–C) groups is 1. The lowest BCUT2D eigenvalue weighted by Gasteiger charge is -2.26. The molecule has 1 heterocycles. The van der Waals surface area contributed by atoms with Gasteiger partial charge in [-0.15, -0.1) is 24.0 Å². The molecule has 0 bridgehead atoms. The lowest BCUT2D eigenvalue weighted by molar-refractivity contribution is -0.128. The summed E-state index contributed by atoms with van der Waals surface area (Å²) in [6, 6.07) is 19.0. The Kier molecular flexibility index (Phi) is 9.14. The van der Waals surface area contributed by atoms with Crippen molar-refractivity contribution in [2.24, 2.45) is 4.99 Å². The van der Waals surface area contributed by atoms with E-state index in [4.69, 9.17) is 0 Å². The van der Waals surface area contributed by atoms with Crippen molar-refractivity contribution in [3.8, 4) is 0 Å². The predicted molar refractivity (Wildman–Crippen MR) is 134 cm³/mol. The molecule has 0 aromatic heterocycles. The monoisotopic (exact) mass is 520 g/mol. The molecule has 0 aliphatic carbocycles. The van der Waals surface area contributed by atoms with Crippen LogP contribution in [0.2, 0.25) is 0 Å². The van der Waals surface area contributed by atoms with Crippen LogP contribution in [-0.4, -0.2) is 36.9 Å². The van der Waals surface area contributed by atoms with Crippen LogP contribution >= 0.6 is 24.0 Å². The highest BCUT2D eigenvalue weighted by molar-refractivity contribution is 14.0. The zero-order valence-electron chi connectivity index (χ0n) is 18.1. The van der Waals surface area contributed by atoms with E-state index in [9.17, 15) is 4.79 Å². The van der Waals surface area contributed by atoms with Crippen molar-refractivity contribution in [1.29, 1.82) is 0 Å². The number of carbonyl (C=O) groups excluding carboxylic acids is 1. The van der Waals surface area contributed by atoms with E-state index in [2.05, 4.69) is 78.0 Å². The molecule has 0 saturated carbocycles. The van der Waals surface area contributed by atoms with Crippen LogP contribution in [0.3, 0.4) is 0 Å². The fourth-order valence-electron chi connectivity index (χ4n) is 3.56. The number of hydrogen-bond acceptors (Lipinski definition) is 2. The Balaban J connectivity index is 0.00000320. The summed E-state index contributed by atoms with van der Waals surface area (Å²) < 4.78 is 0. The average Bonchev–Trinajstić information content (AvgIpc) is 3.14. The van der Waals surface area contributed by atoms with Gasteiger partial charge in [0, 0.05) is 45.1 Å². The van der Waals surface area contributed by atoms with Crippen molar-refractivity contribution < 1.29 is 4.79 Å². The summed E-state index contributed by atoms with van der Waals surface area (Å²) in [7, 11) is 1.79. The molecule has 1 aliphatic heterocycles. The minimum absolute atomic E-state index is 0. The summed E-state index contributed by atoms with van der Waals surface area (Å²) in [5, 5.41) is 6.82. The molecule has 3 rings (SSSR count). The predicted octanol–water partition coefficient (Wildman–Crippen LogP) is 4.07. The van der Waals surface area contributed by atoms with Gasteiger partial charge in [-0.05, 0) is 23.1 Å². The summed E-state index contributed by atoms with van der Waals surface area (Å²) in [6.45, 7) is 7.54. The van der Waals surface area contributed by atoms with Gasteiger partial charge in [-0.2, -0.15) is 0 Å². The molecule has 162 valence electrons. The van der Waals surface area contributed by atoms with Crippen LogP contribution in [0, 0.1) is 0 Å². The Bertz CT molecular complexity index is 834. The number of amides is 1. The van der Waals surface area contributed by atoms with Crippen molar-refractivity contribution in [1.82, 2.24) is 15.5 Å². The van der Waals surface area contributed by atoms with Crippen LogP contribution < -0.4 is 10.6 Å². The third kappa shape index (κ3) is 6.72. The van der Waals surface area contributed by atoms with E-state index in [1.165, 1.54) is 16.7 Å². The summed E-state index contributed by atoms with van der Waals surface area (Å²) in [6.07, 6.45) is 1.67. The standard InChI is InChI=1S/C24H32N4O.HI/c1-24(2,21-8-5-4-6-9-21)18-27-23(25-3)26-16-19-11-13-20(14-12-19)17-28-15-7-10-22(28)29;/h4-6,8-9,11-14H,7,10,15-18H2,1-3H3,(H2,25,26,27);1H. The van der Waals surface area contributed by atoms with E-state index < -0.39 is 0 Å². The largest absolute Gasteiger partial charge is 0.356 e. The lowest BCUT2D eigenvalue weighted by Crippen LogP contribution is -2.43. The van der Waals surface area contributed by atoms with Crippen molar-refractivity contribution >= 4 is 35.8 Å². The molecule has 0 spiro atoms. The number of nitrogens with zero attached hydrogens (tertiary/aromatic N) is 2. The second kappa shape index (κ2) is 11.3. The second-order valence-corrected chi connectivity index (χ2v) is 8.26. The zero-order valence-corrected chi connectivity index (χ0v) is 20.5. The number of hydrogen-bond donors (Lipinski definition) is 2. The number of carbonyl (C=O) groups is 1. The molecule has 2 aromatic rings. The van der Waals surface area contributed by atoms with Crippen LogP contribution in [0.4, 0.5) is 0 Å². The molecule has 1 saturated heterocycles. The molecule has 0 unspecified atom stereocenters. The second-order valence-electron chi connectivity index (χ2n) is 8.26. The Morgan fingerprint density at radius 3 is 2.30 bits per heavy atom. The van der Waals surface area contributed by atoms with E-state index in [1.807, 2.05) is 11.0 Å². The van der Waals surface area contributed by atoms with Gasteiger partial charge in [0.05, 0.1) is 0 Å². The molecular weight excluding hydrogens is 487 g/mol. The Morgan fingerprint density at radius 1 is 1.03 bits per heavy atom. The van der Waals surface area contributed by atoms with Gasteiger partial charge in [-0.25, -0.2) is 0 Å². The van der Waals surface area contributed by atoms with Gasteiger partial charge >= 0.3 is 0 Å². The highest BCUT2D eigenvalue weighted by Crippen LogP contribution is 2.21. The summed E-state index contributed by atoms with van der Waals surface area (Å²) in [5.74, 6) is 1.06. The molecule has 2 N–H and O–H groups in total. The maximum atomic E-state index is 11.8. The Labute approximate surface area is 197 Å². The quantitative estimate of drug-likeness (QED) is 0.329. The summed E-state index contributed by atoms with van der Waals surface area (Å²) in [5.41, 5.74) is 3.67. The van der Waals surface area contributed by atoms with Crippen molar-refractivity contribution in [3.05, 3.63) is 71.3 Å². The molecule has 1 aliphatic rings. The summed E-state index contributed by atoms with van der Waals surface area (Å²) >= 11 is 0. The average molecular weight is 520 g/mol. The topological polar surface area (TPSA) is 56.7 Å². The van der Waals surface area contributed by atoms with Gasteiger partial charge in [-0.1, -0.05) is 68.4 Å². The fourth-order valence-corrected chi connectivity index (χ4v) is 3.56. The first-order valence-corrected chi connectivity index (χ1v) is 10.3. The lowest BCUT2D eigenvalue weighted by atomic mass is 9.85. The van der Waals surface area contributed by atoms with Crippen LogP contribution in [0.15, 0.2) is 59.6 Å². The number of rotatable bonds is 7. The molecule has 6 heteroatoms. The molecule has 30 heavy (non-hydrogen) atoms. The van der Waals surface area contributed by atoms with E-state index in [0.29, 0.717) is 19.5 Å². The maximum Gasteiger partial charge on any atom is 0.222 e. The Hall–Kier alpha value is -2.09. The molecule has 1 amide bonds. The van der Waals surface area contributed by atoms with Crippen molar-refractivity contribution in [3.63, 3.8) is 0 Å². The first kappa shape index (κ1) is 24.2. The van der Waals surface area contributed by atoms with Crippen LogP contribution in [0.25, 0.3) is 0 Å². The number of halogens is 1. The molecule has 1 fully saturated rings. The van der Waals surface area contributed by atoms with Gasteiger partial charge in [0.1, 0.15) is 0 Å². The van der Waals surface area contributed by atoms with Gasteiger partial charge < -0.3 is 15.5 Å². The summed E-state index contributed by atoms with van der Waals surface area (Å²) in [4.78, 5) is 18.1. The minimum Gasteiger partial charge on any atom is -0.356 e. The van der Waals surface area contributed by atoms with Gasteiger partial charge in [0.25, 0.3) is 0 Å². The highest BCUT2D eigenvalue weighted by atomic mass is 127. The molecule has 2 aromatic carbocycles. The van der Waals surface area contributed by atoms with Gasteiger partial charge in [0.15, 0.2) is 5.96 Å². The fraction of sp³-hybridized carbons (Fsp3) is 0.417. The Morgan fingerprint density at radius 2 is 1.70 bits per heavy atom. The van der Waals surface area contributed by atoms with Crippen LogP contribution in [0.5, 0.6) is 0 Å². The van der Waals surface area contributed by atoms with Crippen molar-refractivity contribution in [2.45, 2.75) is 45.2 Å². The highest BCUT2D eigenvalue weighted by Gasteiger charge is 2.21. The smallest absolute Gasteiger partial charge is 0.222 e. The van der Waals surface area contributed by atoms with E-state index in [-0.39, 0.29) is 35.3 Å². The van der Waals surface area contributed by atoms with E-state index >= 15 is 0 Å². The zero-order chi connectivity index (χ0) is 20.7. The normalized spacial score (nSPS) is 14.4. The van der Waals surface area contributed by atoms with Gasteiger partial charge in [0.2, 0.25) is 5.91 Å². The van der Waals surface area contributed by atoms with E-state index in [1.54, 1.807) is 7.05 Å². The first-order chi connectivity index (χ1) is 14.0. The SMILES string of the molecule is CN=C(NCc1ccc(CN2CCCC2=O)cc1)NCC(C)(C)c1ccccc1.I. The number of nitrogens with one attached hydrogen (secondary N) is 2. The van der Waals surface area contributed by atoms with E-state index in [0.717, 1.165) is 25.5 Å². The first-order valence-electron chi connectivity index (χ1n) is 10.3. The maximum absolute atomic E-state index is 11.8. The van der Waals surface area contributed by atoms with Gasteiger partial charge in [-0.3, -0.25) is 9.79 Å². The number of likely N-dealkylation sites (tertiary alicyclic amines) is 1.